The highest BCUT2D eigenvalue weighted by molar-refractivity contribution is 6.18. The van der Waals surface area contributed by atoms with Crippen molar-refractivity contribution >= 4 is 23.5 Å². The molecule has 0 fully saturated rings. The molecule has 0 amide bonds. The van der Waals surface area contributed by atoms with Gasteiger partial charge in [0.2, 0.25) is 6.29 Å². The molecule has 1 unspecified atom stereocenters. The minimum absolute atomic E-state index is 0.0553. The Morgan fingerprint density at radius 3 is 2.39 bits per heavy atom. The van der Waals surface area contributed by atoms with Crippen LogP contribution in [0, 0.1) is 6.92 Å². The molecular weight excluding hydrogens is 414 g/mol. The van der Waals surface area contributed by atoms with Crippen molar-refractivity contribution in [2.45, 2.75) is 86.0 Å². The average Bonchev–Trinajstić information content (AvgIpc) is 3.14. The van der Waals surface area contributed by atoms with Crippen molar-refractivity contribution < 1.29 is 14.3 Å². The number of carbonyl (C=O) groups is 1. The number of ether oxygens (including phenoxy) is 2. The lowest BCUT2D eigenvalue weighted by molar-refractivity contribution is -0.164. The number of hydrogen-bond acceptors (Lipinski definition) is 5. The van der Waals surface area contributed by atoms with E-state index >= 15 is 0 Å². The Labute approximate surface area is 198 Å². The number of rotatable bonds is 10. The molecule has 0 bridgehead atoms. The van der Waals surface area contributed by atoms with E-state index in [4.69, 9.17) is 9.47 Å². The molecule has 0 radical (unpaired) electrons. The van der Waals surface area contributed by atoms with Crippen LogP contribution in [0.4, 0.5) is 0 Å². The highest BCUT2D eigenvalue weighted by Gasteiger charge is 2.22. The van der Waals surface area contributed by atoms with Gasteiger partial charge in [-0.1, -0.05) is 58.4 Å². The molecule has 1 aromatic heterocycles. The van der Waals surface area contributed by atoms with Crippen molar-refractivity contribution in [3.8, 4) is 0 Å². The number of nitrogens with zero attached hydrogens (tertiary/aromatic N) is 3. The highest BCUT2D eigenvalue weighted by Crippen LogP contribution is 2.30. The zero-order valence-electron chi connectivity index (χ0n) is 21.4. The summed E-state index contributed by atoms with van der Waals surface area (Å²) >= 11 is 0. The summed E-state index contributed by atoms with van der Waals surface area (Å²) in [6.45, 7) is 15.0. The SMILES string of the molecule is CCCCC(=O)OC(C)O/C(=C(/C=N\C)c1ccc(C(C)(C)C)cc1)c1cc(C)nn1CC. The zero-order chi connectivity index (χ0) is 24.6. The minimum Gasteiger partial charge on any atom is -0.452 e. The molecule has 2 rings (SSSR count). The second kappa shape index (κ2) is 11.8. The predicted molar refractivity (Wildman–Crippen MR) is 135 cm³/mol. The molecule has 0 aliphatic heterocycles. The summed E-state index contributed by atoms with van der Waals surface area (Å²) in [5, 5.41) is 4.59. The summed E-state index contributed by atoms with van der Waals surface area (Å²) in [4.78, 5) is 16.5. The van der Waals surface area contributed by atoms with Gasteiger partial charge in [-0.25, -0.2) is 0 Å². The Hall–Kier alpha value is -2.89. The quantitative estimate of drug-likeness (QED) is 0.187. The van der Waals surface area contributed by atoms with Crippen LogP contribution >= 0.6 is 0 Å². The van der Waals surface area contributed by atoms with Crippen LogP contribution in [-0.4, -0.2) is 35.3 Å². The third-order valence-corrected chi connectivity index (χ3v) is 5.31. The zero-order valence-corrected chi connectivity index (χ0v) is 21.4. The minimum atomic E-state index is -0.751. The van der Waals surface area contributed by atoms with Crippen molar-refractivity contribution in [1.82, 2.24) is 9.78 Å². The summed E-state index contributed by atoms with van der Waals surface area (Å²) in [7, 11) is 1.73. The predicted octanol–water partition coefficient (Wildman–Crippen LogP) is 6.17. The Morgan fingerprint density at radius 2 is 1.85 bits per heavy atom. The van der Waals surface area contributed by atoms with Gasteiger partial charge < -0.3 is 9.47 Å². The lowest BCUT2D eigenvalue weighted by atomic mass is 9.86. The summed E-state index contributed by atoms with van der Waals surface area (Å²) in [5.41, 5.74) is 4.78. The van der Waals surface area contributed by atoms with Crippen molar-refractivity contribution in [2.24, 2.45) is 4.99 Å². The van der Waals surface area contributed by atoms with Crippen molar-refractivity contribution in [2.75, 3.05) is 7.05 Å². The lowest BCUT2D eigenvalue weighted by Gasteiger charge is -2.22. The third-order valence-electron chi connectivity index (χ3n) is 5.31. The van der Waals surface area contributed by atoms with Crippen LogP contribution in [0.25, 0.3) is 11.3 Å². The van der Waals surface area contributed by atoms with Gasteiger partial charge in [-0.2, -0.15) is 5.10 Å². The van der Waals surface area contributed by atoms with E-state index in [1.165, 1.54) is 5.56 Å². The van der Waals surface area contributed by atoms with E-state index in [9.17, 15) is 4.79 Å². The number of allylic oxidation sites excluding steroid dienone is 1. The molecule has 2 aromatic rings. The van der Waals surface area contributed by atoms with E-state index in [1.807, 2.05) is 31.5 Å². The van der Waals surface area contributed by atoms with Crippen LogP contribution in [0.5, 0.6) is 0 Å². The van der Waals surface area contributed by atoms with Gasteiger partial charge >= 0.3 is 5.97 Å². The molecule has 33 heavy (non-hydrogen) atoms. The number of aliphatic imine (C=N–C) groups is 1. The molecule has 0 saturated heterocycles. The summed E-state index contributed by atoms with van der Waals surface area (Å²) in [6.07, 6.45) is 3.15. The first-order valence-electron chi connectivity index (χ1n) is 11.8. The van der Waals surface area contributed by atoms with Gasteiger partial charge in [0.1, 0.15) is 5.69 Å². The number of benzene rings is 1. The fraction of sp³-hybridized carbons (Fsp3) is 0.519. The Bertz CT molecular complexity index is 979. The van der Waals surface area contributed by atoms with Crippen LogP contribution in [0.1, 0.15) is 83.3 Å². The van der Waals surface area contributed by atoms with Gasteiger partial charge in [0, 0.05) is 38.7 Å². The van der Waals surface area contributed by atoms with Crippen LogP contribution in [0.15, 0.2) is 35.3 Å². The highest BCUT2D eigenvalue weighted by atomic mass is 16.7. The number of esters is 1. The van der Waals surface area contributed by atoms with Crippen LogP contribution in [0.3, 0.4) is 0 Å². The summed E-state index contributed by atoms with van der Waals surface area (Å²) in [5.74, 6) is 0.325. The number of aryl methyl sites for hydroxylation is 2. The van der Waals surface area contributed by atoms with E-state index in [0.717, 1.165) is 35.4 Å². The van der Waals surface area contributed by atoms with Crippen LogP contribution in [0.2, 0.25) is 0 Å². The first-order valence-corrected chi connectivity index (χ1v) is 11.8. The number of carbonyl (C=O) groups excluding carboxylic acids is 1. The second-order valence-corrected chi connectivity index (χ2v) is 9.22. The van der Waals surface area contributed by atoms with E-state index < -0.39 is 6.29 Å². The molecule has 0 aliphatic carbocycles. The number of aromatic nitrogens is 2. The van der Waals surface area contributed by atoms with Crippen LogP contribution in [-0.2, 0) is 26.2 Å². The first-order chi connectivity index (χ1) is 15.6. The fourth-order valence-corrected chi connectivity index (χ4v) is 3.53. The van der Waals surface area contributed by atoms with Crippen molar-refractivity contribution in [3.63, 3.8) is 0 Å². The molecule has 6 nitrogen and oxygen atoms in total. The summed E-state index contributed by atoms with van der Waals surface area (Å²) in [6, 6.07) is 10.4. The maximum absolute atomic E-state index is 12.2. The second-order valence-electron chi connectivity index (χ2n) is 9.22. The van der Waals surface area contributed by atoms with E-state index in [1.54, 1.807) is 20.2 Å². The maximum Gasteiger partial charge on any atom is 0.308 e. The Kier molecular flexibility index (Phi) is 9.44. The normalized spacial score (nSPS) is 13.7. The number of unbranched alkanes of at least 4 members (excludes halogenated alkanes) is 1. The average molecular weight is 454 g/mol. The van der Waals surface area contributed by atoms with E-state index in [0.29, 0.717) is 18.7 Å². The Balaban J connectivity index is 2.57. The van der Waals surface area contributed by atoms with Crippen molar-refractivity contribution in [3.05, 3.63) is 52.8 Å². The third kappa shape index (κ3) is 7.31. The molecule has 1 aromatic carbocycles. The molecule has 6 heteroatoms. The molecule has 1 atom stereocenters. The van der Waals surface area contributed by atoms with Gasteiger partial charge in [-0.05, 0) is 42.9 Å². The first kappa shape index (κ1) is 26.4. The molecule has 0 spiro atoms. The topological polar surface area (TPSA) is 65.7 Å². The van der Waals surface area contributed by atoms with E-state index in [-0.39, 0.29) is 11.4 Å². The van der Waals surface area contributed by atoms with Crippen LogP contribution < -0.4 is 0 Å². The molecule has 0 aliphatic rings. The largest absolute Gasteiger partial charge is 0.452 e. The van der Waals surface area contributed by atoms with Gasteiger partial charge in [-0.15, -0.1) is 0 Å². The molecule has 1 heterocycles. The van der Waals surface area contributed by atoms with Gasteiger partial charge in [-0.3, -0.25) is 14.5 Å². The maximum atomic E-state index is 12.2. The Morgan fingerprint density at radius 1 is 1.18 bits per heavy atom. The van der Waals surface area contributed by atoms with Gasteiger partial charge in [0.15, 0.2) is 5.76 Å². The molecular formula is C27H39N3O3. The molecule has 0 saturated carbocycles. The van der Waals surface area contributed by atoms with Gasteiger partial charge in [0.05, 0.1) is 5.69 Å². The number of hydrogen-bond donors (Lipinski definition) is 0. The lowest BCUT2D eigenvalue weighted by Crippen LogP contribution is -2.19. The fourth-order valence-electron chi connectivity index (χ4n) is 3.53. The smallest absolute Gasteiger partial charge is 0.308 e. The monoisotopic (exact) mass is 453 g/mol. The standard InChI is InChI=1S/C27H39N3O3/c1-9-11-12-25(31)32-20(4)33-26(24-17-19(3)29-30(24)10-2)23(18-28-8)21-13-15-22(16-14-21)27(5,6)7/h13-18,20H,9-12H2,1-8H3/b26-23-,28-18-. The van der Waals surface area contributed by atoms with E-state index in [2.05, 4.69) is 55.1 Å². The van der Waals surface area contributed by atoms with Crippen molar-refractivity contribution in [1.29, 1.82) is 0 Å². The molecule has 180 valence electrons. The molecule has 0 N–H and O–H groups in total. The van der Waals surface area contributed by atoms with Gasteiger partial charge in [0.25, 0.3) is 0 Å². The summed E-state index contributed by atoms with van der Waals surface area (Å²) < 4.78 is 13.7.